The lowest BCUT2D eigenvalue weighted by Gasteiger charge is -1.91. The Morgan fingerprint density at radius 2 is 1.64 bits per heavy atom. The molecule has 0 spiro atoms. The molecule has 0 saturated heterocycles. The Hall–Kier alpha value is -0.830. The molecule has 0 aliphatic rings. The van der Waals surface area contributed by atoms with Crippen molar-refractivity contribution in [2.75, 3.05) is 28.3 Å². The maximum absolute atomic E-state index is 10.2. The summed E-state index contributed by atoms with van der Waals surface area (Å²) in [5.74, 6) is -0.347. The fourth-order valence-corrected chi connectivity index (χ4v) is 0.174. The average molecular weight is 159 g/mol. The van der Waals surface area contributed by atoms with Crippen molar-refractivity contribution in [3.05, 3.63) is 12.2 Å². The lowest BCUT2D eigenvalue weighted by molar-refractivity contribution is -0.136. The van der Waals surface area contributed by atoms with Crippen LogP contribution in [0.15, 0.2) is 12.2 Å². The van der Waals surface area contributed by atoms with E-state index in [-0.39, 0.29) is 5.97 Å². The van der Waals surface area contributed by atoms with Crippen molar-refractivity contribution in [1.82, 2.24) is 4.90 Å². The van der Waals surface area contributed by atoms with Crippen LogP contribution >= 0.6 is 0 Å². The van der Waals surface area contributed by atoms with Gasteiger partial charge in [0.05, 0.1) is 7.11 Å². The summed E-state index contributed by atoms with van der Waals surface area (Å²) in [6.07, 6.45) is 0. The highest BCUT2D eigenvalue weighted by atomic mass is 16.5. The summed E-state index contributed by atoms with van der Waals surface area (Å²) in [5, 5.41) is 0. The van der Waals surface area contributed by atoms with Gasteiger partial charge in [0, 0.05) is 5.57 Å². The maximum atomic E-state index is 10.2. The second-order valence-corrected chi connectivity index (χ2v) is 2.61. The number of rotatable bonds is 1. The first-order valence-electron chi connectivity index (χ1n) is 3.26. The van der Waals surface area contributed by atoms with Crippen molar-refractivity contribution in [2.24, 2.45) is 0 Å². The van der Waals surface area contributed by atoms with Gasteiger partial charge in [-0.2, -0.15) is 0 Å². The summed E-state index contributed by atoms with van der Waals surface area (Å²) in [5.41, 5.74) is 0.433. The highest BCUT2D eigenvalue weighted by molar-refractivity contribution is 5.86. The van der Waals surface area contributed by atoms with Gasteiger partial charge < -0.3 is 9.64 Å². The number of carbonyl (C=O) groups is 1. The molecule has 0 aliphatic heterocycles. The van der Waals surface area contributed by atoms with Gasteiger partial charge >= 0.3 is 5.97 Å². The molecule has 0 bridgehead atoms. The molecule has 0 rings (SSSR count). The van der Waals surface area contributed by atoms with Gasteiger partial charge in [0.1, 0.15) is 0 Å². The molecule has 3 nitrogen and oxygen atoms in total. The minimum Gasteiger partial charge on any atom is -0.466 e. The molecule has 66 valence electrons. The number of carbonyl (C=O) groups excluding carboxylic acids is 1. The molecule has 0 aromatic carbocycles. The predicted octanol–water partition coefficient (Wildman–Crippen LogP) is 0.913. The lowest BCUT2D eigenvalue weighted by atomic mass is 10.4. The molecule has 0 saturated carbocycles. The van der Waals surface area contributed by atoms with Gasteiger partial charge in [0.2, 0.25) is 0 Å². The Labute approximate surface area is 68.6 Å². The number of hydrogen-bond acceptors (Lipinski definition) is 3. The van der Waals surface area contributed by atoms with Crippen LogP contribution in [0.5, 0.6) is 0 Å². The summed E-state index contributed by atoms with van der Waals surface area (Å²) in [4.78, 5) is 12.2. The second-order valence-electron chi connectivity index (χ2n) is 2.61. The molecule has 0 aromatic rings. The minimum absolute atomic E-state index is 0.347. The van der Waals surface area contributed by atoms with Gasteiger partial charge in [-0.05, 0) is 28.1 Å². The summed E-state index contributed by atoms with van der Waals surface area (Å²) >= 11 is 0. The largest absolute Gasteiger partial charge is 0.466 e. The molecule has 0 N–H and O–H groups in total. The van der Waals surface area contributed by atoms with E-state index in [2.05, 4.69) is 11.3 Å². The average Bonchev–Trinajstić information content (AvgIpc) is 1.85. The monoisotopic (exact) mass is 159 g/mol. The van der Waals surface area contributed by atoms with E-state index in [9.17, 15) is 4.79 Å². The lowest BCUT2D eigenvalue weighted by Crippen LogP contribution is -1.99. The first-order valence-corrected chi connectivity index (χ1v) is 3.26. The number of esters is 1. The zero-order chi connectivity index (χ0) is 9.44. The SMILES string of the molecule is C=C(C)C(=O)OC.CN(C)C. The van der Waals surface area contributed by atoms with Crippen LogP contribution in [-0.2, 0) is 9.53 Å². The third-order valence-corrected chi connectivity index (χ3v) is 0.534. The molecule has 0 unspecified atom stereocenters. The van der Waals surface area contributed by atoms with Crippen LogP contribution in [0.25, 0.3) is 0 Å². The maximum Gasteiger partial charge on any atom is 0.332 e. The molecule has 0 heterocycles. The quantitative estimate of drug-likeness (QED) is 0.421. The highest BCUT2D eigenvalue weighted by Crippen LogP contribution is 1.87. The summed E-state index contributed by atoms with van der Waals surface area (Å²) in [6, 6.07) is 0. The Morgan fingerprint density at radius 1 is 1.36 bits per heavy atom. The van der Waals surface area contributed by atoms with Crippen LogP contribution in [0, 0.1) is 0 Å². The summed E-state index contributed by atoms with van der Waals surface area (Å²) in [7, 11) is 7.33. The number of ether oxygens (including phenoxy) is 1. The van der Waals surface area contributed by atoms with E-state index in [4.69, 9.17) is 0 Å². The topological polar surface area (TPSA) is 29.5 Å². The molecule has 3 heteroatoms. The van der Waals surface area contributed by atoms with Crippen molar-refractivity contribution in [1.29, 1.82) is 0 Å². The van der Waals surface area contributed by atoms with Crippen LogP contribution in [0.2, 0.25) is 0 Å². The number of nitrogens with zero attached hydrogens (tertiary/aromatic N) is 1. The van der Waals surface area contributed by atoms with Crippen LogP contribution in [0.4, 0.5) is 0 Å². The van der Waals surface area contributed by atoms with Crippen molar-refractivity contribution in [3.8, 4) is 0 Å². The predicted molar refractivity (Wildman–Crippen MR) is 46.4 cm³/mol. The molecule has 0 radical (unpaired) electrons. The van der Waals surface area contributed by atoms with E-state index < -0.39 is 0 Å². The molecule has 0 atom stereocenters. The van der Waals surface area contributed by atoms with E-state index in [1.54, 1.807) is 6.92 Å². The molecular weight excluding hydrogens is 142 g/mol. The molecule has 0 fully saturated rings. The normalized spacial score (nSPS) is 8.18. The van der Waals surface area contributed by atoms with Gasteiger partial charge in [-0.3, -0.25) is 0 Å². The molecule has 11 heavy (non-hydrogen) atoms. The van der Waals surface area contributed by atoms with Crippen molar-refractivity contribution in [3.63, 3.8) is 0 Å². The van der Waals surface area contributed by atoms with E-state index >= 15 is 0 Å². The third-order valence-electron chi connectivity index (χ3n) is 0.534. The Kier molecular flexibility index (Phi) is 8.48. The van der Waals surface area contributed by atoms with Gasteiger partial charge in [-0.1, -0.05) is 6.58 Å². The molecule has 0 aliphatic carbocycles. The van der Waals surface area contributed by atoms with E-state index in [1.165, 1.54) is 7.11 Å². The second kappa shape index (κ2) is 7.28. The van der Waals surface area contributed by atoms with Crippen LogP contribution in [0.3, 0.4) is 0 Å². The number of hydrogen-bond donors (Lipinski definition) is 0. The highest BCUT2D eigenvalue weighted by Gasteiger charge is 1.95. The van der Waals surface area contributed by atoms with Crippen molar-refractivity contribution >= 4 is 5.97 Å². The van der Waals surface area contributed by atoms with Crippen LogP contribution in [-0.4, -0.2) is 39.1 Å². The van der Waals surface area contributed by atoms with Gasteiger partial charge in [0.15, 0.2) is 0 Å². The van der Waals surface area contributed by atoms with Gasteiger partial charge in [-0.25, -0.2) is 4.79 Å². The zero-order valence-electron chi connectivity index (χ0n) is 7.97. The van der Waals surface area contributed by atoms with E-state index in [0.717, 1.165) is 0 Å². The van der Waals surface area contributed by atoms with E-state index in [1.807, 2.05) is 26.0 Å². The van der Waals surface area contributed by atoms with Crippen LogP contribution in [0.1, 0.15) is 6.92 Å². The van der Waals surface area contributed by atoms with Crippen LogP contribution < -0.4 is 0 Å². The van der Waals surface area contributed by atoms with Gasteiger partial charge in [0.25, 0.3) is 0 Å². The fourth-order valence-electron chi connectivity index (χ4n) is 0.174. The minimum atomic E-state index is -0.347. The fraction of sp³-hybridized carbons (Fsp3) is 0.625. The standard InChI is InChI=1S/C5H8O2.C3H9N/c1-4(2)5(6)7-3;1-4(2)3/h1H2,2-3H3;1-3H3. The zero-order valence-corrected chi connectivity index (χ0v) is 7.97. The number of methoxy groups -OCH3 is 1. The third kappa shape index (κ3) is 17.6. The summed E-state index contributed by atoms with van der Waals surface area (Å²) < 4.78 is 4.27. The molecule has 0 amide bonds. The Balaban J connectivity index is 0. The summed E-state index contributed by atoms with van der Waals surface area (Å²) in [6.45, 7) is 4.95. The van der Waals surface area contributed by atoms with Gasteiger partial charge in [-0.15, -0.1) is 0 Å². The van der Waals surface area contributed by atoms with Crippen molar-refractivity contribution in [2.45, 2.75) is 6.92 Å². The van der Waals surface area contributed by atoms with Crippen molar-refractivity contribution < 1.29 is 9.53 Å². The first-order chi connectivity index (χ1) is 4.91. The Morgan fingerprint density at radius 3 is 1.64 bits per heavy atom. The Bertz CT molecular complexity index is 127. The molecular formula is C8H17NO2. The smallest absolute Gasteiger partial charge is 0.332 e. The molecule has 0 aromatic heterocycles. The van der Waals surface area contributed by atoms with E-state index in [0.29, 0.717) is 5.57 Å². The first kappa shape index (κ1) is 12.8.